The minimum Gasteiger partial charge on any atom is -0.297 e. The van der Waals surface area contributed by atoms with E-state index >= 15 is 0 Å². The van der Waals surface area contributed by atoms with Crippen molar-refractivity contribution in [3.05, 3.63) is 69.4 Å². The van der Waals surface area contributed by atoms with E-state index in [0.29, 0.717) is 30.2 Å². The molecule has 3 aromatic rings. The molecule has 0 amide bonds. The molecule has 0 radical (unpaired) electrons. The lowest BCUT2D eigenvalue weighted by molar-refractivity contribution is 0.663. The lowest BCUT2D eigenvalue weighted by Crippen LogP contribution is -2.39. The fraction of sp³-hybridized carbons (Fsp3) is 0.300. The van der Waals surface area contributed by atoms with Crippen molar-refractivity contribution in [2.24, 2.45) is 12.1 Å². The Hall–Kier alpha value is -3.42. The van der Waals surface area contributed by atoms with Crippen molar-refractivity contribution in [2.75, 3.05) is 11.6 Å². The van der Waals surface area contributed by atoms with Crippen molar-refractivity contribution >= 4 is 22.8 Å². The Labute approximate surface area is 161 Å². The van der Waals surface area contributed by atoms with Gasteiger partial charge in [0.05, 0.1) is 12.3 Å². The number of allylic oxidation sites excluding steroid dienone is 1. The number of benzene rings is 1. The number of aryl methyl sites for hydroxylation is 1. The summed E-state index contributed by atoms with van der Waals surface area (Å²) in [6.45, 7) is 6.82. The van der Waals surface area contributed by atoms with Crippen molar-refractivity contribution in [3.63, 3.8) is 0 Å². The fourth-order valence-electron chi connectivity index (χ4n) is 3.54. The van der Waals surface area contributed by atoms with Crippen molar-refractivity contribution in [1.29, 1.82) is 0 Å². The molecular weight excluding hydrogens is 356 g/mol. The first kappa shape index (κ1) is 18.0. The topological polar surface area (TPSA) is 77.4 Å². The second kappa shape index (κ2) is 6.95. The van der Waals surface area contributed by atoms with E-state index in [1.165, 1.54) is 14.7 Å². The molecule has 0 aliphatic carbocycles. The van der Waals surface area contributed by atoms with Gasteiger partial charge < -0.3 is 0 Å². The first-order chi connectivity index (χ1) is 13.5. The molecule has 8 heteroatoms. The van der Waals surface area contributed by atoms with Crippen LogP contribution in [-0.4, -0.2) is 30.9 Å². The highest BCUT2D eigenvalue weighted by atomic mass is 16.2. The summed E-state index contributed by atoms with van der Waals surface area (Å²) in [4.78, 5) is 30.2. The summed E-state index contributed by atoms with van der Waals surface area (Å²) in [5.41, 5.74) is 2.11. The first-order valence-electron chi connectivity index (χ1n) is 9.17. The summed E-state index contributed by atoms with van der Waals surface area (Å²) in [5, 5.41) is 6.44. The number of hydrogen-bond acceptors (Lipinski definition) is 5. The summed E-state index contributed by atoms with van der Waals surface area (Å²) in [6.07, 6.45) is 2.33. The van der Waals surface area contributed by atoms with Gasteiger partial charge in [-0.25, -0.2) is 9.80 Å². The molecule has 0 fully saturated rings. The van der Waals surface area contributed by atoms with Crippen LogP contribution in [-0.2, 0) is 26.6 Å². The molecule has 144 valence electrons. The van der Waals surface area contributed by atoms with Crippen molar-refractivity contribution in [1.82, 2.24) is 18.7 Å². The quantitative estimate of drug-likeness (QED) is 0.631. The standard InChI is InChI=1S/C20H22N6O2/c1-4-11-24-18(27)16-17(23(3)20(24)28)21-19-25(16)13-14(2)22-26(19)12-10-15-8-6-5-7-9-15/h4-9H,1,10-13H2,2-3H3. The molecule has 2 aromatic heterocycles. The average Bonchev–Trinajstić information content (AvgIpc) is 3.08. The Balaban J connectivity index is 1.83. The van der Waals surface area contributed by atoms with Gasteiger partial charge in [0.2, 0.25) is 5.95 Å². The van der Waals surface area contributed by atoms with Crippen molar-refractivity contribution < 1.29 is 0 Å². The summed E-state index contributed by atoms with van der Waals surface area (Å²) < 4.78 is 4.44. The van der Waals surface area contributed by atoms with Crippen molar-refractivity contribution in [3.8, 4) is 0 Å². The van der Waals surface area contributed by atoms with E-state index in [2.05, 4.69) is 28.8 Å². The Kier molecular flexibility index (Phi) is 4.46. The Morgan fingerprint density at radius 1 is 1.21 bits per heavy atom. The highest BCUT2D eigenvalue weighted by Gasteiger charge is 2.26. The highest BCUT2D eigenvalue weighted by Crippen LogP contribution is 2.23. The van der Waals surface area contributed by atoms with Crippen LogP contribution in [0.2, 0.25) is 0 Å². The second-order valence-corrected chi connectivity index (χ2v) is 6.91. The third-order valence-corrected chi connectivity index (χ3v) is 4.89. The zero-order valence-electron chi connectivity index (χ0n) is 16.0. The number of rotatable bonds is 5. The summed E-state index contributed by atoms with van der Waals surface area (Å²) in [7, 11) is 1.63. The molecule has 4 rings (SSSR count). The van der Waals surface area contributed by atoms with Crippen LogP contribution < -0.4 is 16.3 Å². The first-order valence-corrected chi connectivity index (χ1v) is 9.17. The highest BCUT2D eigenvalue weighted by molar-refractivity contribution is 5.87. The number of nitrogens with zero attached hydrogens (tertiary/aromatic N) is 6. The van der Waals surface area contributed by atoms with Crippen LogP contribution in [0, 0.1) is 0 Å². The summed E-state index contributed by atoms with van der Waals surface area (Å²) in [5.74, 6) is 0.583. The van der Waals surface area contributed by atoms with Gasteiger partial charge in [-0.3, -0.25) is 18.5 Å². The average molecular weight is 378 g/mol. The molecule has 1 aromatic carbocycles. The Bertz CT molecular complexity index is 1200. The minimum absolute atomic E-state index is 0.159. The molecule has 1 aliphatic rings. The number of fused-ring (bicyclic) bond motifs is 3. The van der Waals surface area contributed by atoms with Crippen LogP contribution in [0.3, 0.4) is 0 Å². The third-order valence-electron chi connectivity index (χ3n) is 4.89. The number of imidazole rings is 1. The van der Waals surface area contributed by atoms with E-state index in [0.717, 1.165) is 12.1 Å². The molecule has 0 saturated carbocycles. The molecule has 0 N–H and O–H groups in total. The lowest BCUT2D eigenvalue weighted by Gasteiger charge is -2.24. The van der Waals surface area contributed by atoms with Gasteiger partial charge in [-0.2, -0.15) is 10.1 Å². The van der Waals surface area contributed by atoms with Gasteiger partial charge in [-0.05, 0) is 18.9 Å². The molecule has 8 nitrogen and oxygen atoms in total. The molecule has 0 spiro atoms. The second-order valence-electron chi connectivity index (χ2n) is 6.91. The van der Waals surface area contributed by atoms with Crippen LogP contribution in [0.1, 0.15) is 12.5 Å². The Morgan fingerprint density at radius 2 is 1.96 bits per heavy atom. The molecule has 1 aliphatic heterocycles. The van der Waals surface area contributed by atoms with Gasteiger partial charge in [-0.1, -0.05) is 36.4 Å². The van der Waals surface area contributed by atoms with E-state index < -0.39 is 5.69 Å². The van der Waals surface area contributed by atoms with Gasteiger partial charge in [0.15, 0.2) is 11.2 Å². The van der Waals surface area contributed by atoms with Gasteiger partial charge in [-0.15, -0.1) is 6.58 Å². The monoisotopic (exact) mass is 378 g/mol. The number of hydrogen-bond donors (Lipinski definition) is 0. The maximum atomic E-state index is 13.0. The van der Waals surface area contributed by atoms with Crippen LogP contribution in [0.5, 0.6) is 0 Å². The van der Waals surface area contributed by atoms with Gasteiger partial charge in [0.1, 0.15) is 0 Å². The van der Waals surface area contributed by atoms with E-state index in [1.54, 1.807) is 13.1 Å². The van der Waals surface area contributed by atoms with Crippen molar-refractivity contribution in [2.45, 2.75) is 26.4 Å². The van der Waals surface area contributed by atoms with E-state index in [1.807, 2.05) is 34.7 Å². The lowest BCUT2D eigenvalue weighted by atomic mass is 10.1. The molecule has 28 heavy (non-hydrogen) atoms. The van der Waals surface area contributed by atoms with Gasteiger partial charge in [0.25, 0.3) is 5.56 Å². The van der Waals surface area contributed by atoms with Crippen LogP contribution >= 0.6 is 0 Å². The maximum absolute atomic E-state index is 13.0. The zero-order valence-corrected chi connectivity index (χ0v) is 16.0. The van der Waals surface area contributed by atoms with Crippen LogP contribution in [0.15, 0.2) is 57.7 Å². The number of hydrazone groups is 1. The van der Waals surface area contributed by atoms with E-state index in [4.69, 9.17) is 0 Å². The Morgan fingerprint density at radius 3 is 2.68 bits per heavy atom. The summed E-state index contributed by atoms with van der Waals surface area (Å²) >= 11 is 0. The third kappa shape index (κ3) is 2.87. The van der Waals surface area contributed by atoms with Crippen LogP contribution in [0.25, 0.3) is 11.2 Å². The normalized spacial score (nSPS) is 13.5. The van der Waals surface area contributed by atoms with Gasteiger partial charge in [0, 0.05) is 20.1 Å². The van der Waals surface area contributed by atoms with E-state index in [9.17, 15) is 9.59 Å². The molecule has 0 atom stereocenters. The molecule has 0 unspecified atom stereocenters. The van der Waals surface area contributed by atoms with E-state index in [-0.39, 0.29) is 12.1 Å². The van der Waals surface area contributed by atoms with Crippen LogP contribution in [0.4, 0.5) is 5.95 Å². The smallest absolute Gasteiger partial charge is 0.297 e. The summed E-state index contributed by atoms with van der Waals surface area (Å²) in [6, 6.07) is 10.1. The molecular formula is C20H22N6O2. The molecule has 0 bridgehead atoms. The van der Waals surface area contributed by atoms with Gasteiger partial charge >= 0.3 is 5.69 Å². The largest absolute Gasteiger partial charge is 0.332 e. The fourth-order valence-corrected chi connectivity index (χ4v) is 3.54. The molecule has 3 heterocycles. The SMILES string of the molecule is C=CCn1c(=O)c2c(nc3n2CC(C)=NN3CCc2ccccc2)n(C)c1=O. The molecule has 0 saturated heterocycles. The minimum atomic E-state index is -0.402. The maximum Gasteiger partial charge on any atom is 0.332 e. The zero-order chi connectivity index (χ0) is 19.8. The number of anilines is 1. The predicted octanol–water partition coefficient (Wildman–Crippen LogP) is 1.52. The number of aromatic nitrogens is 4. The predicted molar refractivity (Wildman–Crippen MR) is 110 cm³/mol.